The van der Waals surface area contributed by atoms with E-state index in [0.29, 0.717) is 31.0 Å². The average Bonchev–Trinajstić information content (AvgIpc) is 2.82. The number of thioether (sulfide) groups is 1. The molecule has 1 saturated heterocycles. The van der Waals surface area contributed by atoms with E-state index in [0.717, 1.165) is 34.6 Å². The lowest BCUT2D eigenvalue weighted by molar-refractivity contribution is 0.0693. The van der Waals surface area contributed by atoms with E-state index in [2.05, 4.69) is 11.6 Å². The van der Waals surface area contributed by atoms with E-state index >= 15 is 0 Å². The largest absolute Gasteiger partial charge is 0.496 e. The van der Waals surface area contributed by atoms with E-state index in [1.807, 2.05) is 43.2 Å². The monoisotopic (exact) mass is 490 g/mol. The zero-order valence-electron chi connectivity index (χ0n) is 20.1. The second kappa shape index (κ2) is 10.9. The average molecular weight is 491 g/mol. The number of ether oxygens (including phenoxy) is 1. The third-order valence-corrected chi connectivity index (χ3v) is 8.57. The first-order chi connectivity index (χ1) is 15.7. The van der Waals surface area contributed by atoms with Gasteiger partial charge in [-0.1, -0.05) is 26.0 Å². The van der Waals surface area contributed by atoms with Crippen molar-refractivity contribution in [2.24, 2.45) is 5.92 Å². The van der Waals surface area contributed by atoms with Crippen LogP contribution in [0.5, 0.6) is 5.75 Å². The molecule has 1 aliphatic heterocycles. The molecule has 0 aromatic heterocycles. The van der Waals surface area contributed by atoms with Gasteiger partial charge in [-0.15, -0.1) is 11.8 Å². The van der Waals surface area contributed by atoms with Crippen molar-refractivity contribution in [3.8, 4) is 5.75 Å². The van der Waals surface area contributed by atoms with Gasteiger partial charge in [0.1, 0.15) is 5.75 Å². The first-order valence-electron chi connectivity index (χ1n) is 11.3. The van der Waals surface area contributed by atoms with Crippen molar-refractivity contribution in [2.45, 2.75) is 55.9 Å². The molecule has 0 aliphatic carbocycles. The molecule has 33 heavy (non-hydrogen) atoms. The van der Waals surface area contributed by atoms with Gasteiger partial charge in [0, 0.05) is 24.0 Å². The molecule has 0 bridgehead atoms. The molecule has 1 aliphatic rings. The highest BCUT2D eigenvalue weighted by atomic mass is 32.2. The molecule has 8 heteroatoms. The van der Waals surface area contributed by atoms with Gasteiger partial charge in [-0.25, -0.2) is 13.1 Å². The summed E-state index contributed by atoms with van der Waals surface area (Å²) >= 11 is 1.45. The number of hydrogen-bond donors (Lipinski definition) is 1. The highest BCUT2D eigenvalue weighted by molar-refractivity contribution is 7.98. The summed E-state index contributed by atoms with van der Waals surface area (Å²) in [6, 6.07) is 10.1. The molecule has 0 unspecified atom stereocenters. The first kappa shape index (κ1) is 25.6. The van der Waals surface area contributed by atoms with E-state index in [4.69, 9.17) is 4.74 Å². The molecule has 0 radical (unpaired) electrons. The molecular weight excluding hydrogens is 456 g/mol. The number of methoxy groups -OCH3 is 1. The van der Waals surface area contributed by atoms with E-state index in [9.17, 15) is 13.2 Å². The molecule has 2 aromatic rings. The number of aryl methyl sites for hydroxylation is 1. The molecule has 2 aromatic carbocycles. The SMILES string of the molecule is CC[C@@H](NS(=O)(=O)c1ccc(SC)c(C(=O)N2CCC(C)CC2)c1)c1ccc(OC)c(C)c1. The number of benzene rings is 2. The quantitative estimate of drug-likeness (QED) is 0.526. The molecule has 3 rings (SSSR count). The van der Waals surface area contributed by atoms with Gasteiger partial charge in [-0.05, 0) is 73.8 Å². The van der Waals surface area contributed by atoms with Crippen LogP contribution in [0.15, 0.2) is 46.2 Å². The minimum absolute atomic E-state index is 0.0962. The summed E-state index contributed by atoms with van der Waals surface area (Å²) in [7, 11) is -2.22. The van der Waals surface area contributed by atoms with Crippen molar-refractivity contribution in [3.05, 3.63) is 53.1 Å². The lowest BCUT2D eigenvalue weighted by Crippen LogP contribution is -2.38. The van der Waals surface area contributed by atoms with Gasteiger partial charge in [0.2, 0.25) is 10.0 Å². The van der Waals surface area contributed by atoms with E-state index in [-0.39, 0.29) is 16.8 Å². The maximum absolute atomic E-state index is 13.3. The molecule has 1 heterocycles. The number of rotatable bonds is 8. The van der Waals surface area contributed by atoms with Gasteiger partial charge < -0.3 is 9.64 Å². The van der Waals surface area contributed by atoms with Gasteiger partial charge in [0.05, 0.1) is 17.6 Å². The molecule has 0 spiro atoms. The fourth-order valence-corrected chi connectivity index (χ4v) is 6.07. The number of nitrogens with one attached hydrogen (secondary N) is 1. The number of sulfonamides is 1. The topological polar surface area (TPSA) is 75.7 Å². The van der Waals surface area contributed by atoms with Crippen molar-refractivity contribution in [1.82, 2.24) is 9.62 Å². The van der Waals surface area contributed by atoms with Crippen molar-refractivity contribution >= 4 is 27.7 Å². The summed E-state index contributed by atoms with van der Waals surface area (Å²) in [4.78, 5) is 16.0. The van der Waals surface area contributed by atoms with E-state index in [1.165, 1.54) is 17.8 Å². The van der Waals surface area contributed by atoms with E-state index < -0.39 is 10.0 Å². The Morgan fingerprint density at radius 3 is 2.48 bits per heavy atom. The summed E-state index contributed by atoms with van der Waals surface area (Å²) in [5, 5.41) is 0. The third kappa shape index (κ3) is 5.91. The molecule has 6 nitrogen and oxygen atoms in total. The second-order valence-electron chi connectivity index (χ2n) is 8.65. The zero-order valence-corrected chi connectivity index (χ0v) is 21.7. The molecule has 0 saturated carbocycles. The predicted octanol–water partition coefficient (Wildman–Crippen LogP) is 5.03. The minimum atomic E-state index is -3.83. The highest BCUT2D eigenvalue weighted by Crippen LogP contribution is 2.29. The standard InChI is InChI=1S/C25H34N2O4S2/c1-6-22(19-7-9-23(31-4)18(3)15-19)26-33(29,30)20-8-10-24(32-5)21(16-20)25(28)27-13-11-17(2)12-14-27/h7-10,15-17,22,26H,6,11-14H2,1-5H3/t22-/m1/s1. The Hall–Kier alpha value is -2.03. The van der Waals surface area contributed by atoms with Gasteiger partial charge >= 0.3 is 0 Å². The predicted molar refractivity (Wildman–Crippen MR) is 134 cm³/mol. The maximum atomic E-state index is 13.3. The lowest BCUT2D eigenvalue weighted by atomic mass is 9.98. The van der Waals surface area contributed by atoms with Crippen molar-refractivity contribution < 1.29 is 17.9 Å². The molecule has 1 amide bonds. The van der Waals surface area contributed by atoms with Crippen LogP contribution in [0.3, 0.4) is 0 Å². The fourth-order valence-electron chi connectivity index (χ4n) is 4.16. The zero-order chi connectivity index (χ0) is 24.2. The smallest absolute Gasteiger partial charge is 0.255 e. The van der Waals surface area contributed by atoms with Gasteiger partial charge in [0.15, 0.2) is 0 Å². The number of amides is 1. The summed E-state index contributed by atoms with van der Waals surface area (Å²) in [5.74, 6) is 1.28. The van der Waals surface area contributed by atoms with Crippen LogP contribution in [-0.4, -0.2) is 45.7 Å². The van der Waals surface area contributed by atoms with Crippen molar-refractivity contribution in [2.75, 3.05) is 26.5 Å². The number of nitrogens with zero attached hydrogens (tertiary/aromatic N) is 1. The number of likely N-dealkylation sites (tertiary alicyclic amines) is 1. The van der Waals surface area contributed by atoms with Crippen LogP contribution in [-0.2, 0) is 10.0 Å². The summed E-state index contributed by atoms with van der Waals surface area (Å²) in [6.45, 7) is 7.48. The summed E-state index contributed by atoms with van der Waals surface area (Å²) < 4.78 is 34.8. The Morgan fingerprint density at radius 2 is 1.91 bits per heavy atom. The van der Waals surface area contributed by atoms with Crippen molar-refractivity contribution in [1.29, 1.82) is 0 Å². The van der Waals surface area contributed by atoms with Crippen LogP contribution in [0, 0.1) is 12.8 Å². The van der Waals surface area contributed by atoms with Crippen LogP contribution in [0.1, 0.15) is 60.6 Å². The van der Waals surface area contributed by atoms with E-state index in [1.54, 1.807) is 19.2 Å². The Labute approximate surface area is 202 Å². The van der Waals surface area contributed by atoms with Crippen LogP contribution in [0.25, 0.3) is 0 Å². The number of carbonyl (C=O) groups is 1. The number of hydrogen-bond acceptors (Lipinski definition) is 5. The molecule has 1 fully saturated rings. The Kier molecular flexibility index (Phi) is 8.48. The van der Waals surface area contributed by atoms with Crippen LogP contribution in [0.2, 0.25) is 0 Å². The Balaban J connectivity index is 1.88. The third-order valence-electron chi connectivity index (χ3n) is 6.31. The van der Waals surface area contributed by atoms with Gasteiger partial charge in [0.25, 0.3) is 5.91 Å². The maximum Gasteiger partial charge on any atom is 0.255 e. The molecular formula is C25H34N2O4S2. The first-order valence-corrected chi connectivity index (χ1v) is 14.0. The lowest BCUT2D eigenvalue weighted by Gasteiger charge is -2.31. The Bertz CT molecular complexity index is 1090. The van der Waals surface area contributed by atoms with Crippen LogP contribution < -0.4 is 9.46 Å². The normalized spacial score (nSPS) is 16.0. The summed E-state index contributed by atoms with van der Waals surface area (Å²) in [5.41, 5.74) is 2.27. The molecule has 1 N–H and O–H groups in total. The Morgan fingerprint density at radius 1 is 1.21 bits per heavy atom. The van der Waals surface area contributed by atoms with Gasteiger partial charge in [-0.2, -0.15) is 0 Å². The molecule has 1 atom stereocenters. The second-order valence-corrected chi connectivity index (χ2v) is 11.2. The molecule has 180 valence electrons. The van der Waals surface area contributed by atoms with Crippen LogP contribution >= 0.6 is 11.8 Å². The highest BCUT2D eigenvalue weighted by Gasteiger charge is 2.26. The number of piperidine rings is 1. The minimum Gasteiger partial charge on any atom is -0.496 e. The summed E-state index contributed by atoms with van der Waals surface area (Å²) in [6.07, 6.45) is 4.43. The van der Waals surface area contributed by atoms with Crippen LogP contribution in [0.4, 0.5) is 0 Å². The van der Waals surface area contributed by atoms with Crippen molar-refractivity contribution in [3.63, 3.8) is 0 Å². The van der Waals surface area contributed by atoms with Gasteiger partial charge in [-0.3, -0.25) is 4.79 Å². The fraction of sp³-hybridized carbons (Fsp3) is 0.480. The number of carbonyl (C=O) groups excluding carboxylic acids is 1.